The number of nitro groups is 1. The molecule has 0 aliphatic heterocycles. The van der Waals surface area contributed by atoms with Crippen molar-refractivity contribution in [3.05, 3.63) is 68.1 Å². The van der Waals surface area contributed by atoms with Crippen LogP contribution in [-0.2, 0) is 6.54 Å². The zero-order chi connectivity index (χ0) is 18.8. The van der Waals surface area contributed by atoms with Crippen LogP contribution in [0.4, 0.5) is 10.1 Å². The molecular formula is C17H14BrFN4O3. The number of H-pyrrole nitrogens is 1. The van der Waals surface area contributed by atoms with Gasteiger partial charge in [0.25, 0.3) is 11.6 Å². The average molecular weight is 421 g/mol. The first-order chi connectivity index (χ1) is 12.4. The fourth-order valence-corrected chi connectivity index (χ4v) is 3.03. The Morgan fingerprint density at radius 3 is 2.81 bits per heavy atom. The standard InChI is InChI=1S/C17H14BrFN4O3/c1-2-22(9-10-7-11(18)3-5-14(10)19)17(24)16-13-8-12(23(25)26)4-6-15(13)20-21-16/h3-8H,2,9H2,1H3,(H,20,21). The molecule has 134 valence electrons. The number of nitro benzene ring substituents is 1. The summed E-state index contributed by atoms with van der Waals surface area (Å²) >= 11 is 3.29. The number of hydrogen-bond acceptors (Lipinski definition) is 4. The topological polar surface area (TPSA) is 92.1 Å². The molecule has 0 aliphatic rings. The molecule has 26 heavy (non-hydrogen) atoms. The van der Waals surface area contributed by atoms with Crippen molar-refractivity contribution in [1.82, 2.24) is 15.1 Å². The van der Waals surface area contributed by atoms with Crippen LogP contribution in [0.3, 0.4) is 0 Å². The van der Waals surface area contributed by atoms with E-state index in [-0.39, 0.29) is 17.9 Å². The predicted molar refractivity (Wildman–Crippen MR) is 97.3 cm³/mol. The molecule has 9 heteroatoms. The van der Waals surface area contributed by atoms with E-state index in [2.05, 4.69) is 26.1 Å². The Hall–Kier alpha value is -2.81. The first-order valence-corrected chi connectivity index (χ1v) is 8.55. The maximum atomic E-state index is 14.0. The van der Waals surface area contributed by atoms with Crippen molar-refractivity contribution in [3.8, 4) is 0 Å². The van der Waals surface area contributed by atoms with Crippen molar-refractivity contribution in [2.75, 3.05) is 6.54 Å². The smallest absolute Gasteiger partial charge is 0.275 e. The molecule has 0 unspecified atom stereocenters. The van der Waals surface area contributed by atoms with Crippen LogP contribution in [0.1, 0.15) is 23.0 Å². The van der Waals surface area contributed by atoms with Crippen molar-refractivity contribution in [1.29, 1.82) is 0 Å². The predicted octanol–water partition coefficient (Wildman–Crippen LogP) is 4.04. The van der Waals surface area contributed by atoms with Gasteiger partial charge in [-0.15, -0.1) is 0 Å². The van der Waals surface area contributed by atoms with E-state index in [1.807, 2.05) is 0 Å². The van der Waals surface area contributed by atoms with Gasteiger partial charge in [0.05, 0.1) is 10.4 Å². The molecule has 0 spiro atoms. The minimum atomic E-state index is -0.533. The number of nitrogens with one attached hydrogen (secondary N) is 1. The fraction of sp³-hybridized carbons (Fsp3) is 0.176. The van der Waals surface area contributed by atoms with Gasteiger partial charge in [-0.2, -0.15) is 5.10 Å². The summed E-state index contributed by atoms with van der Waals surface area (Å²) in [7, 11) is 0. The Kier molecular flexibility index (Phi) is 4.99. The Balaban J connectivity index is 1.96. The first-order valence-electron chi connectivity index (χ1n) is 7.76. The van der Waals surface area contributed by atoms with Gasteiger partial charge in [-0.3, -0.25) is 20.0 Å². The molecule has 1 aromatic heterocycles. The van der Waals surface area contributed by atoms with E-state index in [1.165, 1.54) is 29.2 Å². The summed E-state index contributed by atoms with van der Waals surface area (Å²) in [6.45, 7) is 2.16. The van der Waals surface area contributed by atoms with Gasteiger partial charge in [0, 0.05) is 40.6 Å². The van der Waals surface area contributed by atoms with Crippen LogP contribution in [0.5, 0.6) is 0 Å². The minimum absolute atomic E-state index is 0.0594. The van der Waals surface area contributed by atoms with Crippen molar-refractivity contribution >= 4 is 38.4 Å². The van der Waals surface area contributed by atoms with Crippen molar-refractivity contribution in [3.63, 3.8) is 0 Å². The zero-order valence-electron chi connectivity index (χ0n) is 13.7. The number of carbonyl (C=O) groups excluding carboxylic acids is 1. The van der Waals surface area contributed by atoms with Gasteiger partial charge < -0.3 is 4.90 Å². The molecule has 2 aromatic carbocycles. The van der Waals surface area contributed by atoms with Crippen LogP contribution in [0.15, 0.2) is 40.9 Å². The molecule has 0 bridgehead atoms. The highest BCUT2D eigenvalue weighted by Gasteiger charge is 2.22. The molecule has 0 saturated heterocycles. The second-order valence-electron chi connectivity index (χ2n) is 5.61. The highest BCUT2D eigenvalue weighted by molar-refractivity contribution is 9.10. The molecule has 1 heterocycles. The van der Waals surface area contributed by atoms with E-state index in [9.17, 15) is 19.3 Å². The third kappa shape index (κ3) is 3.43. The third-order valence-electron chi connectivity index (χ3n) is 4.00. The zero-order valence-corrected chi connectivity index (χ0v) is 15.3. The van der Waals surface area contributed by atoms with E-state index in [0.717, 1.165) is 0 Å². The summed E-state index contributed by atoms with van der Waals surface area (Å²) in [6, 6.07) is 8.66. The first kappa shape index (κ1) is 18.0. The molecule has 0 radical (unpaired) electrons. The highest BCUT2D eigenvalue weighted by Crippen LogP contribution is 2.24. The quantitative estimate of drug-likeness (QED) is 0.497. The van der Waals surface area contributed by atoms with Gasteiger partial charge in [-0.25, -0.2) is 4.39 Å². The lowest BCUT2D eigenvalue weighted by Gasteiger charge is -2.20. The number of rotatable bonds is 5. The number of non-ortho nitro benzene ring substituents is 1. The van der Waals surface area contributed by atoms with Gasteiger partial charge in [-0.05, 0) is 31.2 Å². The number of aromatic nitrogens is 2. The lowest BCUT2D eigenvalue weighted by molar-refractivity contribution is -0.384. The maximum Gasteiger partial charge on any atom is 0.275 e. The monoisotopic (exact) mass is 420 g/mol. The summed E-state index contributed by atoms with van der Waals surface area (Å²) in [5, 5.41) is 18.0. The van der Waals surface area contributed by atoms with Crippen LogP contribution in [0.2, 0.25) is 0 Å². The van der Waals surface area contributed by atoms with Gasteiger partial charge in [-0.1, -0.05) is 15.9 Å². The van der Waals surface area contributed by atoms with Crippen LogP contribution in [0.25, 0.3) is 10.9 Å². The summed E-state index contributed by atoms with van der Waals surface area (Å²) in [6.07, 6.45) is 0. The van der Waals surface area contributed by atoms with Crippen molar-refractivity contribution < 1.29 is 14.1 Å². The molecular weight excluding hydrogens is 407 g/mol. The molecule has 3 aromatic rings. The van der Waals surface area contributed by atoms with Crippen molar-refractivity contribution in [2.24, 2.45) is 0 Å². The summed E-state index contributed by atoms with van der Waals surface area (Å²) in [5.41, 5.74) is 0.819. The van der Waals surface area contributed by atoms with E-state index < -0.39 is 16.6 Å². The molecule has 0 saturated carbocycles. The van der Waals surface area contributed by atoms with Crippen LogP contribution in [0, 0.1) is 15.9 Å². The minimum Gasteiger partial charge on any atom is -0.333 e. The number of fused-ring (bicyclic) bond motifs is 1. The normalized spacial score (nSPS) is 10.9. The van der Waals surface area contributed by atoms with Crippen molar-refractivity contribution in [2.45, 2.75) is 13.5 Å². The average Bonchev–Trinajstić information content (AvgIpc) is 3.04. The molecule has 0 aliphatic carbocycles. The van der Waals surface area contributed by atoms with E-state index in [1.54, 1.807) is 19.1 Å². The van der Waals surface area contributed by atoms with Gasteiger partial charge in [0.1, 0.15) is 5.82 Å². The second kappa shape index (κ2) is 7.20. The molecule has 7 nitrogen and oxygen atoms in total. The number of amides is 1. The SMILES string of the molecule is CCN(Cc1cc(Br)ccc1F)C(=O)c1n[nH]c2ccc([N+](=O)[O-])cc12. The van der Waals surface area contributed by atoms with E-state index in [0.29, 0.717) is 27.5 Å². The van der Waals surface area contributed by atoms with Gasteiger partial charge in [0.2, 0.25) is 0 Å². The van der Waals surface area contributed by atoms with E-state index >= 15 is 0 Å². The van der Waals surface area contributed by atoms with Crippen LogP contribution < -0.4 is 0 Å². The number of benzene rings is 2. The van der Waals surface area contributed by atoms with E-state index in [4.69, 9.17) is 0 Å². The summed E-state index contributed by atoms with van der Waals surface area (Å²) < 4.78 is 14.7. The van der Waals surface area contributed by atoms with Gasteiger partial charge in [0.15, 0.2) is 5.69 Å². The van der Waals surface area contributed by atoms with Gasteiger partial charge >= 0.3 is 0 Å². The fourth-order valence-electron chi connectivity index (χ4n) is 2.63. The lowest BCUT2D eigenvalue weighted by Crippen LogP contribution is -2.31. The van der Waals surface area contributed by atoms with Crippen LogP contribution >= 0.6 is 15.9 Å². The molecule has 1 amide bonds. The second-order valence-corrected chi connectivity index (χ2v) is 6.53. The lowest BCUT2D eigenvalue weighted by atomic mass is 10.1. The Morgan fingerprint density at radius 2 is 2.12 bits per heavy atom. The molecule has 3 rings (SSSR count). The summed E-state index contributed by atoms with van der Waals surface area (Å²) in [4.78, 5) is 24.8. The number of halogens is 2. The number of carbonyl (C=O) groups is 1. The Bertz CT molecular complexity index is 1000. The number of hydrogen-bond donors (Lipinski definition) is 1. The third-order valence-corrected chi connectivity index (χ3v) is 4.49. The summed E-state index contributed by atoms with van der Waals surface area (Å²) in [5.74, 6) is -0.847. The molecule has 1 N–H and O–H groups in total. The Labute approximate surface area is 156 Å². The number of aromatic amines is 1. The highest BCUT2D eigenvalue weighted by atomic mass is 79.9. The number of nitrogens with zero attached hydrogens (tertiary/aromatic N) is 3. The maximum absolute atomic E-state index is 14.0. The largest absolute Gasteiger partial charge is 0.333 e. The molecule has 0 fully saturated rings. The van der Waals surface area contributed by atoms with Crippen LogP contribution in [-0.4, -0.2) is 32.5 Å². The molecule has 0 atom stereocenters. The Morgan fingerprint density at radius 1 is 1.35 bits per heavy atom.